The summed E-state index contributed by atoms with van der Waals surface area (Å²) in [4.78, 5) is 12.7. The molecular formula is C22H18F2N2O3S. The summed E-state index contributed by atoms with van der Waals surface area (Å²) in [6.07, 6.45) is 3.63. The number of azo groups is 1. The van der Waals surface area contributed by atoms with E-state index in [0.29, 0.717) is 18.0 Å². The molecule has 1 aromatic heterocycles. The van der Waals surface area contributed by atoms with Gasteiger partial charge in [0, 0.05) is 23.1 Å². The van der Waals surface area contributed by atoms with Crippen molar-refractivity contribution in [2.45, 2.75) is 13.3 Å². The van der Waals surface area contributed by atoms with Gasteiger partial charge in [0.25, 0.3) is 0 Å². The summed E-state index contributed by atoms with van der Waals surface area (Å²) < 4.78 is 38.9. The summed E-state index contributed by atoms with van der Waals surface area (Å²) >= 11 is 1.44. The summed E-state index contributed by atoms with van der Waals surface area (Å²) in [7, 11) is 0. The van der Waals surface area contributed by atoms with Crippen LogP contribution in [-0.2, 0) is 4.79 Å². The first kappa shape index (κ1) is 21.3. The Labute approximate surface area is 176 Å². The van der Waals surface area contributed by atoms with Crippen LogP contribution in [0.1, 0.15) is 18.2 Å². The maximum absolute atomic E-state index is 14.3. The van der Waals surface area contributed by atoms with Crippen molar-refractivity contribution >= 4 is 34.8 Å². The summed E-state index contributed by atoms with van der Waals surface area (Å²) in [5.74, 6) is -2.32. The number of hydrogen-bond donors (Lipinski definition) is 0. The number of ether oxygens (including phenoxy) is 2. The van der Waals surface area contributed by atoms with E-state index in [-0.39, 0.29) is 5.75 Å². The second-order valence-corrected chi connectivity index (χ2v) is 7.03. The average molecular weight is 428 g/mol. The first-order valence-electron chi connectivity index (χ1n) is 9.12. The molecule has 154 valence electrons. The zero-order chi connectivity index (χ0) is 21.3. The van der Waals surface area contributed by atoms with Gasteiger partial charge in [-0.1, -0.05) is 13.0 Å². The summed E-state index contributed by atoms with van der Waals surface area (Å²) in [6.45, 7) is 2.60. The van der Waals surface area contributed by atoms with E-state index in [1.54, 1.807) is 30.3 Å². The fourth-order valence-electron chi connectivity index (χ4n) is 2.32. The van der Waals surface area contributed by atoms with Crippen molar-refractivity contribution in [1.82, 2.24) is 0 Å². The predicted molar refractivity (Wildman–Crippen MR) is 112 cm³/mol. The van der Waals surface area contributed by atoms with Crippen molar-refractivity contribution < 1.29 is 23.0 Å². The van der Waals surface area contributed by atoms with Gasteiger partial charge >= 0.3 is 5.97 Å². The van der Waals surface area contributed by atoms with E-state index >= 15 is 0 Å². The Balaban J connectivity index is 1.66. The van der Waals surface area contributed by atoms with Crippen molar-refractivity contribution in [2.75, 3.05) is 6.61 Å². The monoisotopic (exact) mass is 428 g/mol. The molecule has 8 heteroatoms. The van der Waals surface area contributed by atoms with Gasteiger partial charge in [-0.25, -0.2) is 13.6 Å². The molecular weight excluding hydrogens is 410 g/mol. The third kappa shape index (κ3) is 6.05. The molecule has 0 N–H and O–H groups in total. The van der Waals surface area contributed by atoms with Gasteiger partial charge in [0.1, 0.15) is 11.5 Å². The molecule has 5 nitrogen and oxygen atoms in total. The van der Waals surface area contributed by atoms with Crippen molar-refractivity contribution in [3.8, 4) is 11.5 Å². The minimum absolute atomic E-state index is 0.262. The highest BCUT2D eigenvalue weighted by atomic mass is 32.1. The molecule has 0 saturated carbocycles. The SMILES string of the molecule is CCCOc1ccc(N=Nc2c(F)cc(OC(=O)/C=C/c3cccs3)cc2F)cc1. The molecule has 0 fully saturated rings. The average Bonchev–Trinajstić information content (AvgIpc) is 3.25. The quantitative estimate of drug-likeness (QED) is 0.171. The van der Waals surface area contributed by atoms with Crippen LogP contribution in [-0.4, -0.2) is 12.6 Å². The number of carbonyl (C=O) groups excluding carboxylic acids is 1. The van der Waals surface area contributed by atoms with Crippen LogP contribution >= 0.6 is 11.3 Å². The molecule has 0 aliphatic rings. The highest BCUT2D eigenvalue weighted by molar-refractivity contribution is 7.10. The normalized spacial score (nSPS) is 11.3. The maximum Gasteiger partial charge on any atom is 0.336 e. The minimum Gasteiger partial charge on any atom is -0.494 e. The molecule has 0 radical (unpaired) electrons. The van der Waals surface area contributed by atoms with Gasteiger partial charge in [-0.3, -0.25) is 0 Å². The first-order chi connectivity index (χ1) is 14.5. The van der Waals surface area contributed by atoms with Gasteiger partial charge in [0.05, 0.1) is 12.3 Å². The zero-order valence-electron chi connectivity index (χ0n) is 16.0. The van der Waals surface area contributed by atoms with Gasteiger partial charge in [-0.05, 0) is 48.2 Å². The van der Waals surface area contributed by atoms with E-state index < -0.39 is 23.3 Å². The fraction of sp³-hybridized carbons (Fsp3) is 0.136. The Kier molecular flexibility index (Phi) is 7.40. The summed E-state index contributed by atoms with van der Waals surface area (Å²) in [5.41, 5.74) is -0.165. The lowest BCUT2D eigenvalue weighted by molar-refractivity contribution is -0.128. The zero-order valence-corrected chi connectivity index (χ0v) is 16.9. The molecule has 0 saturated heterocycles. The standard InChI is InChI=1S/C22H18F2N2O3S/c1-2-11-28-16-7-5-15(6-8-16)25-26-22-19(23)13-17(14-20(22)24)29-21(27)10-9-18-4-3-12-30-18/h3-10,12-14H,2,11H2,1H3/b10-9+,26-25?. The van der Waals surface area contributed by atoms with Gasteiger partial charge in [0.15, 0.2) is 17.3 Å². The molecule has 30 heavy (non-hydrogen) atoms. The second-order valence-electron chi connectivity index (χ2n) is 6.05. The van der Waals surface area contributed by atoms with E-state index in [1.165, 1.54) is 17.4 Å². The lowest BCUT2D eigenvalue weighted by atomic mass is 10.3. The Morgan fingerprint density at radius 1 is 1.07 bits per heavy atom. The number of carbonyl (C=O) groups is 1. The van der Waals surface area contributed by atoms with Crippen LogP contribution in [0.4, 0.5) is 20.2 Å². The number of thiophene rings is 1. The highest BCUT2D eigenvalue weighted by Gasteiger charge is 2.13. The molecule has 0 spiro atoms. The lowest BCUT2D eigenvalue weighted by Gasteiger charge is -2.05. The van der Waals surface area contributed by atoms with E-state index in [1.807, 2.05) is 24.4 Å². The molecule has 0 unspecified atom stereocenters. The van der Waals surface area contributed by atoms with Crippen molar-refractivity contribution in [2.24, 2.45) is 10.2 Å². The fourth-order valence-corrected chi connectivity index (χ4v) is 2.94. The third-order valence-electron chi connectivity index (χ3n) is 3.71. The van der Waals surface area contributed by atoms with Gasteiger partial charge in [-0.15, -0.1) is 16.5 Å². The lowest BCUT2D eigenvalue weighted by Crippen LogP contribution is -2.04. The molecule has 3 rings (SSSR count). The van der Waals surface area contributed by atoms with E-state index in [9.17, 15) is 13.6 Å². The van der Waals surface area contributed by atoms with E-state index in [0.717, 1.165) is 23.4 Å². The molecule has 0 bridgehead atoms. The van der Waals surface area contributed by atoms with Crippen LogP contribution < -0.4 is 9.47 Å². The molecule has 0 amide bonds. The minimum atomic E-state index is -0.994. The number of benzene rings is 2. The third-order valence-corrected chi connectivity index (χ3v) is 4.55. The van der Waals surface area contributed by atoms with Crippen LogP contribution in [0.15, 0.2) is 70.2 Å². The topological polar surface area (TPSA) is 60.3 Å². The highest BCUT2D eigenvalue weighted by Crippen LogP contribution is 2.29. The molecule has 0 aliphatic heterocycles. The number of hydrogen-bond acceptors (Lipinski definition) is 6. The number of halogens is 2. The molecule has 3 aromatic rings. The number of rotatable bonds is 8. The van der Waals surface area contributed by atoms with Crippen molar-refractivity contribution in [3.63, 3.8) is 0 Å². The smallest absolute Gasteiger partial charge is 0.336 e. The van der Waals surface area contributed by atoms with Crippen LogP contribution in [0.2, 0.25) is 0 Å². The molecule has 0 aliphatic carbocycles. The Hall–Kier alpha value is -3.39. The van der Waals surface area contributed by atoms with Crippen molar-refractivity contribution in [3.05, 3.63) is 76.5 Å². The molecule has 0 atom stereocenters. The maximum atomic E-state index is 14.3. The van der Waals surface area contributed by atoms with Crippen LogP contribution in [0.3, 0.4) is 0 Å². The van der Waals surface area contributed by atoms with Crippen LogP contribution in [0.5, 0.6) is 11.5 Å². The molecule has 2 aromatic carbocycles. The van der Waals surface area contributed by atoms with E-state index in [2.05, 4.69) is 10.2 Å². The first-order valence-corrected chi connectivity index (χ1v) is 10.00. The Morgan fingerprint density at radius 2 is 1.80 bits per heavy atom. The second kappa shape index (κ2) is 10.4. The van der Waals surface area contributed by atoms with Crippen LogP contribution in [0, 0.1) is 11.6 Å². The Morgan fingerprint density at radius 3 is 2.43 bits per heavy atom. The number of esters is 1. The van der Waals surface area contributed by atoms with Crippen molar-refractivity contribution in [1.29, 1.82) is 0 Å². The van der Waals surface area contributed by atoms with Crippen LogP contribution in [0.25, 0.3) is 6.08 Å². The number of nitrogens with zero attached hydrogens (tertiary/aromatic N) is 2. The summed E-state index contributed by atoms with van der Waals surface area (Å²) in [6, 6.07) is 12.1. The largest absolute Gasteiger partial charge is 0.494 e. The van der Waals surface area contributed by atoms with Gasteiger partial charge < -0.3 is 9.47 Å². The summed E-state index contributed by atoms with van der Waals surface area (Å²) in [5, 5.41) is 9.34. The Bertz CT molecular complexity index is 1030. The van der Waals surface area contributed by atoms with E-state index in [4.69, 9.17) is 9.47 Å². The van der Waals surface area contributed by atoms with Gasteiger partial charge in [-0.2, -0.15) is 5.11 Å². The molecule has 1 heterocycles. The van der Waals surface area contributed by atoms with Gasteiger partial charge in [0.2, 0.25) is 0 Å². The predicted octanol–water partition coefficient (Wildman–Crippen LogP) is 6.85.